The third kappa shape index (κ3) is 37.4. The van der Waals surface area contributed by atoms with Crippen molar-refractivity contribution >= 4 is 11.9 Å². The Labute approximate surface area is 343 Å². The molecule has 56 heavy (non-hydrogen) atoms. The average molecular weight is 776 g/mol. The fourth-order valence-corrected chi connectivity index (χ4v) is 6.00. The third-order valence-corrected chi connectivity index (χ3v) is 9.32. The molecule has 6 nitrogen and oxygen atoms in total. The minimum atomic E-state index is -0.822. The van der Waals surface area contributed by atoms with Crippen LogP contribution in [0.3, 0.4) is 0 Å². The molecule has 0 saturated carbocycles. The van der Waals surface area contributed by atoms with Crippen LogP contribution in [0.5, 0.6) is 0 Å². The summed E-state index contributed by atoms with van der Waals surface area (Å²) in [6.45, 7) is 6.12. The number of esters is 1. The Morgan fingerprint density at radius 2 is 0.964 bits per heavy atom. The summed E-state index contributed by atoms with van der Waals surface area (Å²) in [5.74, 6) is -0.646. The van der Waals surface area contributed by atoms with Gasteiger partial charge in [-0.1, -0.05) is 214 Å². The fraction of sp³-hybridized carbons (Fsp3) is 0.600. The molecule has 0 aromatic rings. The van der Waals surface area contributed by atoms with Crippen LogP contribution in [-0.4, -0.2) is 46.9 Å². The lowest BCUT2D eigenvalue weighted by atomic mass is 10.0. The van der Waals surface area contributed by atoms with Gasteiger partial charge in [0.1, 0.15) is 6.10 Å². The van der Waals surface area contributed by atoms with E-state index in [1.165, 1.54) is 64.2 Å². The standard InChI is InChI=1S/C50H81NO5/c1-4-7-10-13-16-19-22-24-27-30-33-36-39-42-48(53)47(45-52)51-49(54)44-46(41-38-35-32-29-26-21-18-15-12-9-6-3)56-50(55)43-40-37-34-31-28-25-23-20-17-14-11-8-5-2/h8-9,11-12,14-15,17-18,20-21,23,25-26,28-29,31-32,34,46-48,52-53H,4-7,10,13,16,19,22,24,27,30,33,35-45H2,1-3H3,(H,51,54)/b11-8+,12-9+,17-14+,18-15+,23-20-,26-21-,28-25-,32-29-,34-31+. The summed E-state index contributed by atoms with van der Waals surface area (Å²) in [5.41, 5.74) is 0. The molecule has 0 aromatic heterocycles. The van der Waals surface area contributed by atoms with Crippen molar-refractivity contribution in [1.82, 2.24) is 5.32 Å². The number of carbonyl (C=O) groups excluding carboxylic acids is 2. The van der Waals surface area contributed by atoms with Gasteiger partial charge in [-0.2, -0.15) is 0 Å². The summed E-state index contributed by atoms with van der Waals surface area (Å²) in [6.07, 6.45) is 57.3. The van der Waals surface area contributed by atoms with Gasteiger partial charge in [0.2, 0.25) is 5.91 Å². The highest BCUT2D eigenvalue weighted by atomic mass is 16.5. The van der Waals surface area contributed by atoms with Crippen molar-refractivity contribution in [1.29, 1.82) is 0 Å². The second-order valence-electron chi connectivity index (χ2n) is 14.5. The van der Waals surface area contributed by atoms with E-state index in [0.717, 1.165) is 51.4 Å². The quantitative estimate of drug-likeness (QED) is 0.0332. The van der Waals surface area contributed by atoms with Crippen LogP contribution in [0.15, 0.2) is 109 Å². The molecule has 0 rings (SSSR count). The number of rotatable bonds is 37. The molecular formula is C50H81NO5. The number of allylic oxidation sites excluding steroid dienone is 18. The van der Waals surface area contributed by atoms with E-state index in [0.29, 0.717) is 19.3 Å². The number of aliphatic hydroxyl groups excluding tert-OH is 2. The van der Waals surface area contributed by atoms with Gasteiger partial charge in [-0.3, -0.25) is 9.59 Å². The van der Waals surface area contributed by atoms with Crippen LogP contribution in [0.4, 0.5) is 0 Å². The zero-order chi connectivity index (χ0) is 41.0. The Bertz CT molecular complexity index is 1190. The van der Waals surface area contributed by atoms with Gasteiger partial charge in [0.05, 0.1) is 25.2 Å². The molecule has 0 aliphatic heterocycles. The molecule has 6 heteroatoms. The molecule has 0 heterocycles. The predicted molar refractivity (Wildman–Crippen MR) is 240 cm³/mol. The van der Waals surface area contributed by atoms with Crippen molar-refractivity contribution < 1.29 is 24.5 Å². The molecule has 3 N–H and O–H groups in total. The van der Waals surface area contributed by atoms with Crippen LogP contribution in [-0.2, 0) is 14.3 Å². The minimum absolute atomic E-state index is 0.00428. The zero-order valence-electron chi connectivity index (χ0n) is 35.7. The van der Waals surface area contributed by atoms with Gasteiger partial charge in [-0.15, -0.1) is 0 Å². The summed E-state index contributed by atoms with van der Waals surface area (Å²) < 4.78 is 5.81. The van der Waals surface area contributed by atoms with Crippen molar-refractivity contribution in [2.75, 3.05) is 6.61 Å². The van der Waals surface area contributed by atoms with Crippen LogP contribution >= 0.6 is 0 Å². The van der Waals surface area contributed by atoms with E-state index in [-0.39, 0.29) is 31.3 Å². The highest BCUT2D eigenvalue weighted by molar-refractivity contribution is 5.77. The van der Waals surface area contributed by atoms with Gasteiger partial charge in [0, 0.05) is 6.42 Å². The van der Waals surface area contributed by atoms with Crippen molar-refractivity contribution in [2.24, 2.45) is 0 Å². The lowest BCUT2D eigenvalue weighted by Gasteiger charge is -2.24. The smallest absolute Gasteiger partial charge is 0.306 e. The maximum Gasteiger partial charge on any atom is 0.306 e. The molecule has 0 radical (unpaired) electrons. The van der Waals surface area contributed by atoms with Crippen LogP contribution in [0, 0.1) is 0 Å². The van der Waals surface area contributed by atoms with Gasteiger partial charge in [-0.25, -0.2) is 0 Å². The zero-order valence-corrected chi connectivity index (χ0v) is 35.7. The molecule has 316 valence electrons. The molecular weight excluding hydrogens is 695 g/mol. The Balaban J connectivity index is 4.80. The first kappa shape index (κ1) is 52.5. The summed E-state index contributed by atoms with van der Waals surface area (Å²) in [4.78, 5) is 25.9. The third-order valence-electron chi connectivity index (χ3n) is 9.32. The largest absolute Gasteiger partial charge is 0.462 e. The molecule has 0 bridgehead atoms. The SMILES string of the molecule is CC/C=C/C=C/C=C\C=C/C=C/CCCC(=O)OC(CCC\C=C/C=C\C=C\C=C\CC)CC(=O)NC(CO)C(O)CCCCCCCCCCCCCCC. The summed E-state index contributed by atoms with van der Waals surface area (Å²) >= 11 is 0. The second kappa shape index (κ2) is 42.7. The van der Waals surface area contributed by atoms with Crippen molar-refractivity contribution in [3.63, 3.8) is 0 Å². The van der Waals surface area contributed by atoms with Crippen molar-refractivity contribution in [3.05, 3.63) is 109 Å². The summed E-state index contributed by atoms with van der Waals surface area (Å²) in [7, 11) is 0. The molecule has 0 saturated heterocycles. The van der Waals surface area contributed by atoms with E-state index >= 15 is 0 Å². The van der Waals surface area contributed by atoms with Gasteiger partial charge in [0.15, 0.2) is 0 Å². The first-order valence-corrected chi connectivity index (χ1v) is 22.2. The average Bonchev–Trinajstić information content (AvgIpc) is 3.19. The Hall–Kier alpha value is -3.48. The van der Waals surface area contributed by atoms with E-state index in [2.05, 4.69) is 44.3 Å². The minimum Gasteiger partial charge on any atom is -0.462 e. The van der Waals surface area contributed by atoms with Crippen LogP contribution < -0.4 is 5.32 Å². The number of hydrogen-bond acceptors (Lipinski definition) is 5. The highest BCUT2D eigenvalue weighted by Crippen LogP contribution is 2.16. The van der Waals surface area contributed by atoms with E-state index in [1.54, 1.807) is 0 Å². The first-order valence-electron chi connectivity index (χ1n) is 22.2. The van der Waals surface area contributed by atoms with Crippen LogP contribution in [0.1, 0.15) is 168 Å². The first-order chi connectivity index (χ1) is 27.5. The van der Waals surface area contributed by atoms with Crippen LogP contribution in [0.2, 0.25) is 0 Å². The van der Waals surface area contributed by atoms with Gasteiger partial charge < -0.3 is 20.3 Å². The Morgan fingerprint density at radius 1 is 0.536 bits per heavy atom. The summed E-state index contributed by atoms with van der Waals surface area (Å²) in [5, 5.41) is 23.6. The molecule has 3 unspecified atom stereocenters. The predicted octanol–water partition coefficient (Wildman–Crippen LogP) is 12.8. The highest BCUT2D eigenvalue weighted by Gasteiger charge is 2.23. The molecule has 0 spiro atoms. The molecule has 1 amide bonds. The molecule has 3 atom stereocenters. The van der Waals surface area contributed by atoms with E-state index < -0.39 is 18.2 Å². The number of hydrogen-bond donors (Lipinski definition) is 3. The lowest BCUT2D eigenvalue weighted by Crippen LogP contribution is -2.46. The van der Waals surface area contributed by atoms with E-state index in [9.17, 15) is 19.8 Å². The monoisotopic (exact) mass is 776 g/mol. The fourth-order valence-electron chi connectivity index (χ4n) is 6.00. The maximum absolute atomic E-state index is 13.1. The van der Waals surface area contributed by atoms with Gasteiger partial charge >= 0.3 is 5.97 Å². The molecule has 0 aromatic carbocycles. The molecule has 0 aliphatic carbocycles. The summed E-state index contributed by atoms with van der Waals surface area (Å²) in [6, 6.07) is -0.742. The number of aliphatic hydroxyl groups is 2. The van der Waals surface area contributed by atoms with Crippen molar-refractivity contribution in [2.45, 2.75) is 187 Å². The molecule has 0 fully saturated rings. The number of carbonyl (C=O) groups is 2. The van der Waals surface area contributed by atoms with Crippen molar-refractivity contribution in [3.8, 4) is 0 Å². The normalized spacial score (nSPS) is 14.4. The molecule has 0 aliphatic rings. The number of unbranched alkanes of at least 4 members (excludes halogenated alkanes) is 14. The Kier molecular flexibility index (Phi) is 40.0. The van der Waals surface area contributed by atoms with E-state index in [1.807, 2.05) is 91.1 Å². The van der Waals surface area contributed by atoms with Gasteiger partial charge in [-0.05, 0) is 51.4 Å². The van der Waals surface area contributed by atoms with E-state index in [4.69, 9.17) is 4.74 Å². The number of amides is 1. The van der Waals surface area contributed by atoms with Gasteiger partial charge in [0.25, 0.3) is 0 Å². The second-order valence-corrected chi connectivity index (χ2v) is 14.5. The number of nitrogens with one attached hydrogen (secondary N) is 1. The maximum atomic E-state index is 13.1. The number of ether oxygens (including phenoxy) is 1. The Morgan fingerprint density at radius 3 is 1.43 bits per heavy atom. The lowest BCUT2D eigenvalue weighted by molar-refractivity contribution is -0.151. The van der Waals surface area contributed by atoms with Crippen LogP contribution in [0.25, 0.3) is 0 Å². The topological polar surface area (TPSA) is 95.9 Å².